The van der Waals surface area contributed by atoms with Crippen LogP contribution >= 0.6 is 23.2 Å². The van der Waals surface area contributed by atoms with E-state index >= 15 is 0 Å². The van der Waals surface area contributed by atoms with Crippen molar-refractivity contribution in [2.75, 3.05) is 6.61 Å². The van der Waals surface area contributed by atoms with Gasteiger partial charge in [0, 0.05) is 29.2 Å². The quantitative estimate of drug-likeness (QED) is 0.519. The first-order valence-electron chi connectivity index (χ1n) is 8.31. The van der Waals surface area contributed by atoms with Crippen LogP contribution in [0.1, 0.15) is 39.8 Å². The summed E-state index contributed by atoms with van der Waals surface area (Å²) in [6.07, 6.45) is -2.96. The molecule has 0 radical (unpaired) electrons. The fourth-order valence-electron chi connectivity index (χ4n) is 2.93. The van der Waals surface area contributed by atoms with Gasteiger partial charge in [-0.25, -0.2) is 9.78 Å². The number of pyridine rings is 1. The van der Waals surface area contributed by atoms with E-state index in [1.54, 1.807) is 19.9 Å². The molecule has 0 saturated carbocycles. The maximum Gasteiger partial charge on any atom is 0.416 e. The van der Waals surface area contributed by atoms with Crippen molar-refractivity contribution in [3.8, 4) is 0 Å². The van der Waals surface area contributed by atoms with E-state index in [1.807, 2.05) is 0 Å². The lowest BCUT2D eigenvalue weighted by atomic mass is 10.1. The Hall–Kier alpha value is -2.25. The van der Waals surface area contributed by atoms with Crippen LogP contribution in [0.5, 0.6) is 0 Å². The lowest BCUT2D eigenvalue weighted by Crippen LogP contribution is -2.09. The highest BCUT2D eigenvalue weighted by Gasteiger charge is 2.31. The molecule has 9 heteroatoms. The third kappa shape index (κ3) is 3.95. The van der Waals surface area contributed by atoms with E-state index < -0.39 is 17.7 Å². The van der Waals surface area contributed by atoms with Crippen molar-refractivity contribution < 1.29 is 22.7 Å². The third-order valence-corrected chi connectivity index (χ3v) is 4.96. The lowest BCUT2D eigenvalue weighted by Gasteiger charge is -2.09. The summed E-state index contributed by atoms with van der Waals surface area (Å²) in [6.45, 7) is 3.43. The van der Waals surface area contributed by atoms with Gasteiger partial charge in [0.25, 0.3) is 0 Å². The highest BCUT2D eigenvalue weighted by atomic mass is 35.5. The molecule has 28 heavy (non-hydrogen) atoms. The van der Waals surface area contributed by atoms with Crippen molar-refractivity contribution >= 4 is 40.1 Å². The van der Waals surface area contributed by atoms with Crippen LogP contribution in [0.25, 0.3) is 10.9 Å². The molecule has 2 aromatic heterocycles. The van der Waals surface area contributed by atoms with Gasteiger partial charge in [-0.1, -0.05) is 23.2 Å². The first kappa shape index (κ1) is 20.5. The van der Waals surface area contributed by atoms with Gasteiger partial charge in [0.05, 0.1) is 22.2 Å². The standard InChI is InChI=1S/C19H15Cl2F3N2O2/c1-3-28-18(27)17-16(21)13(14(20)8-25-17)7-11-6-12-9(2)4-10(19(22,23)24)5-15(12)26-11/h4-6,8,26H,3,7H2,1-2H3. The zero-order valence-electron chi connectivity index (χ0n) is 14.9. The van der Waals surface area contributed by atoms with Crippen LogP contribution in [0.2, 0.25) is 10.0 Å². The molecule has 0 bridgehead atoms. The maximum absolute atomic E-state index is 13.0. The summed E-state index contributed by atoms with van der Waals surface area (Å²) in [7, 11) is 0. The number of hydrogen-bond acceptors (Lipinski definition) is 3. The van der Waals surface area contributed by atoms with Gasteiger partial charge in [-0.15, -0.1) is 0 Å². The Morgan fingerprint density at radius 2 is 1.96 bits per heavy atom. The van der Waals surface area contributed by atoms with Crippen LogP contribution in [-0.2, 0) is 17.3 Å². The Morgan fingerprint density at radius 1 is 1.25 bits per heavy atom. The van der Waals surface area contributed by atoms with Crippen LogP contribution in [0.15, 0.2) is 24.4 Å². The van der Waals surface area contributed by atoms with E-state index in [9.17, 15) is 18.0 Å². The lowest BCUT2D eigenvalue weighted by molar-refractivity contribution is -0.137. The number of carbonyl (C=O) groups excluding carboxylic acids is 1. The summed E-state index contributed by atoms with van der Waals surface area (Å²) in [5.41, 5.74) is 1.09. The Labute approximate surface area is 168 Å². The number of hydrogen-bond donors (Lipinski definition) is 1. The molecular weight excluding hydrogens is 416 g/mol. The second-order valence-electron chi connectivity index (χ2n) is 6.19. The SMILES string of the molecule is CCOC(=O)c1ncc(Cl)c(Cc2cc3c(C)cc(C(F)(F)F)cc3[nH]2)c1Cl. The smallest absolute Gasteiger partial charge is 0.416 e. The molecule has 0 aliphatic heterocycles. The van der Waals surface area contributed by atoms with Crippen molar-refractivity contribution in [1.29, 1.82) is 0 Å². The Kier molecular flexibility index (Phi) is 5.59. The molecule has 0 unspecified atom stereocenters. The Balaban J connectivity index is 2.02. The van der Waals surface area contributed by atoms with Gasteiger partial charge in [0.2, 0.25) is 0 Å². The van der Waals surface area contributed by atoms with Gasteiger partial charge in [-0.2, -0.15) is 13.2 Å². The summed E-state index contributed by atoms with van der Waals surface area (Å²) in [6, 6.07) is 3.90. The molecule has 0 amide bonds. The maximum atomic E-state index is 13.0. The number of carbonyl (C=O) groups is 1. The molecule has 3 rings (SSSR count). The number of benzene rings is 1. The molecule has 2 heterocycles. The number of esters is 1. The van der Waals surface area contributed by atoms with E-state index in [-0.39, 0.29) is 28.8 Å². The first-order valence-corrected chi connectivity index (χ1v) is 9.06. The van der Waals surface area contributed by atoms with E-state index in [4.69, 9.17) is 27.9 Å². The van der Waals surface area contributed by atoms with Crippen LogP contribution < -0.4 is 0 Å². The molecule has 4 nitrogen and oxygen atoms in total. The summed E-state index contributed by atoms with van der Waals surface area (Å²) in [5, 5.41) is 0.955. The molecule has 148 valence electrons. The molecule has 0 aliphatic carbocycles. The van der Waals surface area contributed by atoms with Crippen molar-refractivity contribution in [3.63, 3.8) is 0 Å². The third-order valence-electron chi connectivity index (χ3n) is 4.23. The summed E-state index contributed by atoms with van der Waals surface area (Å²) < 4.78 is 44.0. The number of aryl methyl sites for hydroxylation is 1. The zero-order valence-corrected chi connectivity index (χ0v) is 16.4. The van der Waals surface area contributed by atoms with E-state index in [2.05, 4.69) is 9.97 Å². The number of nitrogens with one attached hydrogen (secondary N) is 1. The predicted octanol–water partition coefficient (Wildman–Crippen LogP) is 5.96. The molecule has 0 spiro atoms. The molecular formula is C19H15Cl2F3N2O2. The van der Waals surface area contributed by atoms with Gasteiger partial charge in [0.1, 0.15) is 0 Å². The summed E-state index contributed by atoms with van der Waals surface area (Å²) in [4.78, 5) is 18.9. The van der Waals surface area contributed by atoms with Crippen LogP contribution in [0, 0.1) is 6.92 Å². The molecule has 0 atom stereocenters. The summed E-state index contributed by atoms with van der Waals surface area (Å²) >= 11 is 12.5. The van der Waals surface area contributed by atoms with Gasteiger partial charge in [-0.3, -0.25) is 0 Å². The number of nitrogens with zero attached hydrogens (tertiary/aromatic N) is 1. The second kappa shape index (κ2) is 7.64. The number of rotatable bonds is 4. The molecule has 0 fully saturated rings. The molecule has 1 N–H and O–H groups in total. The van der Waals surface area contributed by atoms with Gasteiger partial charge in [0.15, 0.2) is 5.69 Å². The van der Waals surface area contributed by atoms with Crippen molar-refractivity contribution in [2.24, 2.45) is 0 Å². The fourth-order valence-corrected chi connectivity index (χ4v) is 3.49. The van der Waals surface area contributed by atoms with Gasteiger partial charge >= 0.3 is 12.1 Å². The predicted molar refractivity (Wildman–Crippen MR) is 101 cm³/mol. The number of fused-ring (bicyclic) bond motifs is 1. The van der Waals surface area contributed by atoms with Gasteiger partial charge < -0.3 is 9.72 Å². The number of halogens is 5. The molecule has 1 aromatic carbocycles. The largest absolute Gasteiger partial charge is 0.461 e. The number of alkyl halides is 3. The minimum atomic E-state index is -4.43. The van der Waals surface area contributed by atoms with Crippen molar-refractivity contribution in [3.05, 3.63) is 62.5 Å². The normalized spacial score (nSPS) is 11.8. The van der Waals surface area contributed by atoms with E-state index in [0.717, 1.165) is 12.1 Å². The van der Waals surface area contributed by atoms with Crippen molar-refractivity contribution in [1.82, 2.24) is 9.97 Å². The van der Waals surface area contributed by atoms with Crippen molar-refractivity contribution in [2.45, 2.75) is 26.4 Å². The van der Waals surface area contributed by atoms with Crippen LogP contribution in [0.4, 0.5) is 13.2 Å². The Bertz CT molecular complexity index is 1060. The van der Waals surface area contributed by atoms with Crippen LogP contribution in [0.3, 0.4) is 0 Å². The summed E-state index contributed by atoms with van der Waals surface area (Å²) in [5.74, 6) is -0.673. The average molecular weight is 431 g/mol. The number of H-pyrrole nitrogens is 1. The monoisotopic (exact) mass is 430 g/mol. The highest BCUT2D eigenvalue weighted by Crippen LogP contribution is 2.34. The fraction of sp³-hybridized carbons (Fsp3) is 0.263. The number of aromatic amines is 1. The molecule has 3 aromatic rings. The highest BCUT2D eigenvalue weighted by molar-refractivity contribution is 6.37. The topological polar surface area (TPSA) is 55.0 Å². The zero-order chi connectivity index (χ0) is 20.6. The Morgan fingerprint density at radius 3 is 2.61 bits per heavy atom. The second-order valence-corrected chi connectivity index (χ2v) is 6.98. The minimum absolute atomic E-state index is 0.0531. The van der Waals surface area contributed by atoms with E-state index in [1.165, 1.54) is 6.20 Å². The van der Waals surface area contributed by atoms with Crippen LogP contribution in [-0.4, -0.2) is 22.5 Å². The minimum Gasteiger partial charge on any atom is -0.461 e. The number of ether oxygens (including phenoxy) is 1. The average Bonchev–Trinajstić information content (AvgIpc) is 3.01. The van der Waals surface area contributed by atoms with Gasteiger partial charge in [-0.05, 0) is 43.2 Å². The van der Waals surface area contributed by atoms with E-state index in [0.29, 0.717) is 27.7 Å². The molecule has 0 aliphatic rings. The first-order chi connectivity index (χ1) is 13.1. The number of aromatic nitrogens is 2. The molecule has 0 saturated heterocycles.